The van der Waals surface area contributed by atoms with Crippen molar-refractivity contribution in [3.8, 4) is 23.3 Å². The molecule has 0 atom stereocenters. The number of nitrogen functional groups attached to an aromatic ring is 1. The Balaban J connectivity index is 1.83. The molecule has 154 valence electrons. The summed E-state index contributed by atoms with van der Waals surface area (Å²) >= 11 is 0. The van der Waals surface area contributed by atoms with E-state index in [-0.39, 0.29) is 11.6 Å². The summed E-state index contributed by atoms with van der Waals surface area (Å²) < 4.78 is 0. The van der Waals surface area contributed by atoms with Crippen LogP contribution in [0.1, 0.15) is 22.4 Å². The lowest BCUT2D eigenvalue weighted by Crippen LogP contribution is -2.04. The van der Waals surface area contributed by atoms with E-state index in [4.69, 9.17) is 21.2 Å². The number of hydrogen-bond donors (Lipinski definition) is 2. The van der Waals surface area contributed by atoms with Crippen LogP contribution < -0.4 is 11.1 Å². The molecule has 0 unspecified atom stereocenters. The lowest BCUT2D eigenvalue weighted by molar-refractivity contribution is 1.13. The van der Waals surface area contributed by atoms with Crippen molar-refractivity contribution in [3.63, 3.8) is 0 Å². The third-order valence-corrected chi connectivity index (χ3v) is 4.94. The van der Waals surface area contributed by atoms with Crippen molar-refractivity contribution < 1.29 is 0 Å². The van der Waals surface area contributed by atoms with Gasteiger partial charge in [-0.3, -0.25) is 0 Å². The highest BCUT2D eigenvalue weighted by molar-refractivity contribution is 6.00. The third kappa shape index (κ3) is 3.93. The molecule has 0 saturated heterocycles. The highest BCUT2D eigenvalue weighted by Crippen LogP contribution is 2.35. The molecule has 0 fully saturated rings. The zero-order valence-electron chi connectivity index (χ0n) is 17.5. The predicted molar refractivity (Wildman–Crippen MR) is 124 cm³/mol. The van der Waals surface area contributed by atoms with Crippen LogP contribution in [0.3, 0.4) is 0 Å². The van der Waals surface area contributed by atoms with Crippen LogP contribution in [0.2, 0.25) is 0 Å². The van der Waals surface area contributed by atoms with E-state index in [1.807, 2.05) is 56.3 Å². The topological polar surface area (TPSA) is 137 Å². The fraction of sp³-hybridized carbons (Fsp3) is 0.0833. The van der Waals surface area contributed by atoms with Gasteiger partial charge in [-0.05, 0) is 48.2 Å². The van der Waals surface area contributed by atoms with Crippen LogP contribution in [-0.2, 0) is 0 Å². The number of anilines is 3. The van der Waals surface area contributed by atoms with Crippen molar-refractivity contribution in [3.05, 3.63) is 71.2 Å². The van der Waals surface area contributed by atoms with E-state index in [2.05, 4.69) is 20.3 Å². The summed E-state index contributed by atoms with van der Waals surface area (Å²) in [5, 5.41) is 21.4. The Hall–Kier alpha value is -4.82. The lowest BCUT2D eigenvalue weighted by atomic mass is 9.92. The molecule has 0 bridgehead atoms. The van der Waals surface area contributed by atoms with Gasteiger partial charge in [0.25, 0.3) is 0 Å². The van der Waals surface area contributed by atoms with Gasteiger partial charge < -0.3 is 11.1 Å². The van der Waals surface area contributed by atoms with Gasteiger partial charge in [-0.15, -0.1) is 0 Å². The van der Waals surface area contributed by atoms with E-state index in [1.165, 1.54) is 18.5 Å². The number of nitrogens with one attached hydrogen (secondary N) is 1. The van der Waals surface area contributed by atoms with Gasteiger partial charge in [0.05, 0.1) is 24.0 Å². The molecule has 32 heavy (non-hydrogen) atoms. The van der Waals surface area contributed by atoms with Gasteiger partial charge >= 0.3 is 0 Å². The SMILES string of the molecule is Cc1cc(C=CC#N)cc(C)c1-c1cccc2c(N)nc(Nc3cnc(C#N)cn3)nc12. The molecule has 2 aromatic heterocycles. The minimum atomic E-state index is 0.218. The van der Waals surface area contributed by atoms with Crippen LogP contribution in [-0.4, -0.2) is 19.9 Å². The second kappa shape index (κ2) is 8.50. The van der Waals surface area contributed by atoms with Crippen LogP contribution >= 0.6 is 0 Å². The number of allylic oxidation sites excluding steroid dienone is 1. The van der Waals surface area contributed by atoms with Crippen molar-refractivity contribution in [2.45, 2.75) is 13.8 Å². The van der Waals surface area contributed by atoms with E-state index >= 15 is 0 Å². The van der Waals surface area contributed by atoms with Gasteiger partial charge in [-0.25, -0.2) is 15.0 Å². The molecule has 0 aliphatic heterocycles. The largest absolute Gasteiger partial charge is 0.383 e. The van der Waals surface area contributed by atoms with Crippen molar-refractivity contribution >= 4 is 34.6 Å². The van der Waals surface area contributed by atoms with Crippen LogP contribution in [0.5, 0.6) is 0 Å². The number of aromatic nitrogens is 4. The minimum Gasteiger partial charge on any atom is -0.383 e. The molecule has 8 heteroatoms. The van der Waals surface area contributed by atoms with Gasteiger partial charge in [0.15, 0.2) is 11.5 Å². The zero-order valence-corrected chi connectivity index (χ0v) is 17.5. The number of benzene rings is 2. The number of aryl methyl sites for hydroxylation is 2. The highest BCUT2D eigenvalue weighted by atomic mass is 15.2. The maximum Gasteiger partial charge on any atom is 0.230 e. The molecule has 4 rings (SSSR count). The summed E-state index contributed by atoms with van der Waals surface area (Å²) in [5.41, 5.74) is 12.2. The van der Waals surface area contributed by atoms with E-state index in [1.54, 1.807) is 6.08 Å². The van der Waals surface area contributed by atoms with Gasteiger partial charge in [-0.2, -0.15) is 15.5 Å². The standard InChI is InChI=1S/C24H18N8/c1-14-9-16(5-4-8-25)10-15(2)21(14)18-6-3-7-19-22(18)31-24(32-23(19)27)30-20-13-28-17(11-26)12-29-20/h3-7,9-10,12-13H,1-2H3,(H3,27,29,30,31,32). The normalized spacial score (nSPS) is 10.8. The molecule has 3 N–H and O–H groups in total. The number of rotatable bonds is 4. The first kappa shape index (κ1) is 20.5. The molecule has 0 saturated carbocycles. The molecule has 2 heterocycles. The molecule has 8 nitrogen and oxygen atoms in total. The monoisotopic (exact) mass is 418 g/mol. The second-order valence-corrected chi connectivity index (χ2v) is 7.15. The zero-order chi connectivity index (χ0) is 22.7. The summed E-state index contributed by atoms with van der Waals surface area (Å²) in [7, 11) is 0. The van der Waals surface area contributed by atoms with Crippen molar-refractivity contribution in [2.24, 2.45) is 0 Å². The first-order chi connectivity index (χ1) is 15.5. The van der Waals surface area contributed by atoms with Gasteiger partial charge in [0.2, 0.25) is 5.95 Å². The van der Waals surface area contributed by atoms with Gasteiger partial charge in [0.1, 0.15) is 11.9 Å². The summed E-state index contributed by atoms with van der Waals surface area (Å²) in [4.78, 5) is 17.2. The predicted octanol–water partition coefficient (Wildman–Crippen LogP) is 4.44. The number of para-hydroxylation sites is 1. The molecular weight excluding hydrogens is 400 g/mol. The van der Waals surface area contributed by atoms with E-state index < -0.39 is 0 Å². The van der Waals surface area contributed by atoms with Crippen LogP contribution in [0.15, 0.2) is 48.8 Å². The molecule has 0 aliphatic rings. The first-order valence-electron chi connectivity index (χ1n) is 9.73. The third-order valence-electron chi connectivity index (χ3n) is 4.94. The van der Waals surface area contributed by atoms with Crippen molar-refractivity contribution in [1.82, 2.24) is 19.9 Å². The van der Waals surface area contributed by atoms with E-state index in [0.29, 0.717) is 17.2 Å². The van der Waals surface area contributed by atoms with E-state index in [0.717, 1.165) is 33.2 Å². The van der Waals surface area contributed by atoms with Crippen molar-refractivity contribution in [2.75, 3.05) is 11.1 Å². The highest BCUT2D eigenvalue weighted by Gasteiger charge is 2.15. The number of hydrogen-bond acceptors (Lipinski definition) is 8. The van der Waals surface area contributed by atoms with Crippen LogP contribution in [0.25, 0.3) is 28.1 Å². The average Bonchev–Trinajstić information content (AvgIpc) is 2.78. The maximum atomic E-state index is 8.88. The van der Waals surface area contributed by atoms with Crippen molar-refractivity contribution in [1.29, 1.82) is 10.5 Å². The average molecular weight is 418 g/mol. The molecule has 0 radical (unpaired) electrons. The Morgan fingerprint density at radius 1 is 1.03 bits per heavy atom. The molecule has 4 aromatic rings. The summed E-state index contributed by atoms with van der Waals surface area (Å²) in [6, 6.07) is 13.8. The Morgan fingerprint density at radius 3 is 2.47 bits per heavy atom. The number of fused-ring (bicyclic) bond motifs is 1. The van der Waals surface area contributed by atoms with Crippen LogP contribution in [0, 0.1) is 36.5 Å². The fourth-order valence-corrected chi connectivity index (χ4v) is 3.65. The van der Waals surface area contributed by atoms with Gasteiger partial charge in [0, 0.05) is 17.0 Å². The quantitative estimate of drug-likeness (QED) is 0.464. The number of nitrogens with two attached hydrogens (primary N) is 1. The first-order valence-corrected chi connectivity index (χ1v) is 9.73. The maximum absolute atomic E-state index is 8.88. The lowest BCUT2D eigenvalue weighted by Gasteiger charge is -2.15. The molecule has 0 spiro atoms. The minimum absolute atomic E-state index is 0.218. The number of nitriles is 2. The Labute approximate surface area is 184 Å². The smallest absolute Gasteiger partial charge is 0.230 e. The summed E-state index contributed by atoms with van der Waals surface area (Å²) in [6.07, 6.45) is 6.06. The molecule has 2 aromatic carbocycles. The summed E-state index contributed by atoms with van der Waals surface area (Å²) in [5.74, 6) is 1.02. The van der Waals surface area contributed by atoms with Gasteiger partial charge in [-0.1, -0.05) is 24.3 Å². The fourth-order valence-electron chi connectivity index (χ4n) is 3.65. The molecule has 0 aliphatic carbocycles. The molecule has 0 amide bonds. The Morgan fingerprint density at radius 2 is 1.81 bits per heavy atom. The Kier molecular flexibility index (Phi) is 5.44. The summed E-state index contributed by atoms with van der Waals surface area (Å²) in [6.45, 7) is 4.06. The van der Waals surface area contributed by atoms with E-state index in [9.17, 15) is 0 Å². The number of nitrogens with zero attached hydrogens (tertiary/aromatic N) is 6. The molecular formula is C24H18N8. The van der Waals surface area contributed by atoms with Crippen LogP contribution in [0.4, 0.5) is 17.6 Å². The Bertz CT molecular complexity index is 1420. The second-order valence-electron chi connectivity index (χ2n) is 7.15.